The lowest BCUT2D eigenvalue weighted by atomic mass is 10.1. The zero-order chi connectivity index (χ0) is 33.8. The number of nitrogens with one attached hydrogen (secondary N) is 2. The number of carbonyl (C=O) groups excluding carboxylic acids is 1. The Labute approximate surface area is 279 Å². The van der Waals surface area contributed by atoms with Crippen molar-refractivity contribution in [3.05, 3.63) is 101 Å². The van der Waals surface area contributed by atoms with Gasteiger partial charge in [-0.1, -0.05) is 18.2 Å². The van der Waals surface area contributed by atoms with Crippen LogP contribution in [-0.4, -0.2) is 78.9 Å². The molecule has 0 spiro atoms. The van der Waals surface area contributed by atoms with Gasteiger partial charge in [0.15, 0.2) is 0 Å². The SMILES string of the molecule is CS(=O)(=O)CCN1CCN(c2ccc(Nc3nccc(-c4scnc4-c4cccc(NC(=O)c5c(F)cccc5F)c4)n3)cc2F)CC1. The van der Waals surface area contributed by atoms with Crippen LogP contribution in [0.4, 0.5) is 36.2 Å². The van der Waals surface area contributed by atoms with Crippen LogP contribution >= 0.6 is 11.3 Å². The monoisotopic (exact) mass is 693 g/mol. The van der Waals surface area contributed by atoms with E-state index in [2.05, 4.69) is 30.5 Å². The number of carbonyl (C=O) groups is 1. The molecule has 15 heteroatoms. The van der Waals surface area contributed by atoms with E-state index in [1.54, 1.807) is 54.2 Å². The molecule has 6 rings (SSSR count). The van der Waals surface area contributed by atoms with E-state index in [0.717, 1.165) is 12.1 Å². The minimum atomic E-state index is -3.04. The third-order valence-corrected chi connectivity index (χ3v) is 9.51. The molecule has 48 heavy (non-hydrogen) atoms. The number of hydrogen-bond acceptors (Lipinski definition) is 10. The predicted octanol–water partition coefficient (Wildman–Crippen LogP) is 5.85. The van der Waals surface area contributed by atoms with Crippen LogP contribution in [0, 0.1) is 17.5 Å². The number of sulfone groups is 1. The van der Waals surface area contributed by atoms with Crippen LogP contribution in [0.2, 0.25) is 0 Å². The lowest BCUT2D eigenvalue weighted by molar-refractivity contribution is 0.101. The first-order chi connectivity index (χ1) is 23.0. The summed E-state index contributed by atoms with van der Waals surface area (Å²) >= 11 is 1.34. The fourth-order valence-electron chi connectivity index (χ4n) is 5.31. The standard InChI is InChI=1S/C33H30F3N7O3S2/c1-48(45,46)17-16-42-12-14-43(15-13-42)28-9-8-23(19-26(28)36)40-33-37-11-10-27(41-33)31-30(38-20-47-31)21-4-2-5-22(18-21)39-32(44)29-24(34)6-3-7-25(29)35/h2-11,18-20H,12-17H2,1H3,(H,39,44)(H,37,40,41). The molecule has 5 aromatic rings. The summed E-state index contributed by atoms with van der Waals surface area (Å²) in [4.78, 5) is 30.8. The summed E-state index contributed by atoms with van der Waals surface area (Å²) in [6.45, 7) is 2.90. The number of benzene rings is 3. The van der Waals surface area contributed by atoms with Crippen LogP contribution in [0.3, 0.4) is 0 Å². The third kappa shape index (κ3) is 7.81. The maximum absolute atomic E-state index is 15.2. The normalized spacial score (nSPS) is 13.8. The second-order valence-corrected chi connectivity index (χ2v) is 14.3. The molecular weight excluding hydrogens is 664 g/mol. The van der Waals surface area contributed by atoms with Crippen molar-refractivity contribution < 1.29 is 26.4 Å². The second-order valence-electron chi connectivity index (χ2n) is 11.2. The summed E-state index contributed by atoms with van der Waals surface area (Å²) in [6.07, 6.45) is 2.79. The summed E-state index contributed by atoms with van der Waals surface area (Å²) in [5.74, 6) is -2.90. The van der Waals surface area contributed by atoms with Gasteiger partial charge in [-0.05, 0) is 48.5 Å². The van der Waals surface area contributed by atoms with E-state index in [0.29, 0.717) is 71.6 Å². The van der Waals surface area contributed by atoms with Gasteiger partial charge in [-0.15, -0.1) is 11.3 Å². The van der Waals surface area contributed by atoms with Crippen LogP contribution in [0.15, 0.2) is 78.4 Å². The summed E-state index contributed by atoms with van der Waals surface area (Å²) < 4.78 is 66.5. The Hall–Kier alpha value is -4.86. The third-order valence-electron chi connectivity index (χ3n) is 7.73. The van der Waals surface area contributed by atoms with Gasteiger partial charge in [-0.25, -0.2) is 36.5 Å². The van der Waals surface area contributed by atoms with Gasteiger partial charge < -0.3 is 15.5 Å². The number of nitrogens with zero attached hydrogens (tertiary/aromatic N) is 5. The molecule has 0 unspecified atom stereocenters. The van der Waals surface area contributed by atoms with E-state index >= 15 is 4.39 Å². The quantitative estimate of drug-likeness (QED) is 0.186. The van der Waals surface area contributed by atoms with Gasteiger partial charge in [-0.3, -0.25) is 9.69 Å². The largest absolute Gasteiger partial charge is 0.367 e. The minimum Gasteiger partial charge on any atom is -0.367 e. The number of halogens is 3. The molecular formula is C33H30F3N7O3S2. The van der Waals surface area contributed by atoms with E-state index in [-0.39, 0.29) is 11.7 Å². The molecule has 248 valence electrons. The van der Waals surface area contributed by atoms with Gasteiger partial charge in [0.25, 0.3) is 5.91 Å². The molecule has 1 saturated heterocycles. The number of piperazine rings is 1. The maximum Gasteiger partial charge on any atom is 0.261 e. The first kappa shape index (κ1) is 33.1. The second kappa shape index (κ2) is 14.1. The Morgan fingerprint density at radius 1 is 0.896 bits per heavy atom. The molecule has 1 amide bonds. The zero-order valence-corrected chi connectivity index (χ0v) is 27.3. The Balaban J connectivity index is 1.14. The van der Waals surface area contributed by atoms with E-state index < -0.39 is 38.8 Å². The van der Waals surface area contributed by atoms with Crippen molar-refractivity contribution in [2.75, 3.05) is 60.3 Å². The molecule has 0 bridgehead atoms. The van der Waals surface area contributed by atoms with Crippen LogP contribution < -0.4 is 15.5 Å². The molecule has 3 aromatic carbocycles. The number of hydrogen-bond donors (Lipinski definition) is 2. The molecule has 0 radical (unpaired) electrons. The van der Waals surface area contributed by atoms with Crippen molar-refractivity contribution in [1.82, 2.24) is 19.9 Å². The van der Waals surface area contributed by atoms with Gasteiger partial charge in [0.2, 0.25) is 5.95 Å². The zero-order valence-electron chi connectivity index (χ0n) is 25.7. The maximum atomic E-state index is 15.2. The molecule has 1 aliphatic heterocycles. The smallest absolute Gasteiger partial charge is 0.261 e. The number of rotatable bonds is 10. The van der Waals surface area contributed by atoms with Gasteiger partial charge in [0, 0.05) is 62.1 Å². The lowest BCUT2D eigenvalue weighted by Gasteiger charge is -2.36. The molecule has 2 N–H and O–H groups in total. The summed E-state index contributed by atoms with van der Waals surface area (Å²) in [7, 11) is -3.04. The lowest BCUT2D eigenvalue weighted by Crippen LogP contribution is -2.47. The average molecular weight is 694 g/mol. The van der Waals surface area contributed by atoms with Crippen LogP contribution in [-0.2, 0) is 9.84 Å². The molecule has 10 nitrogen and oxygen atoms in total. The fraction of sp³-hybridized carbons (Fsp3) is 0.212. The van der Waals surface area contributed by atoms with Crippen molar-refractivity contribution in [1.29, 1.82) is 0 Å². The Morgan fingerprint density at radius 2 is 1.65 bits per heavy atom. The van der Waals surface area contributed by atoms with Crippen molar-refractivity contribution in [3.63, 3.8) is 0 Å². The topological polar surface area (TPSA) is 120 Å². The molecule has 0 atom stereocenters. The van der Waals surface area contributed by atoms with Gasteiger partial charge in [0.05, 0.1) is 33.2 Å². The van der Waals surface area contributed by atoms with Crippen LogP contribution in [0.25, 0.3) is 21.8 Å². The summed E-state index contributed by atoms with van der Waals surface area (Å²) in [5, 5.41) is 5.60. The average Bonchev–Trinajstić information content (AvgIpc) is 3.55. The molecule has 3 heterocycles. The minimum absolute atomic E-state index is 0.101. The van der Waals surface area contributed by atoms with Crippen LogP contribution in [0.5, 0.6) is 0 Å². The Morgan fingerprint density at radius 3 is 2.38 bits per heavy atom. The number of anilines is 4. The predicted molar refractivity (Wildman–Crippen MR) is 181 cm³/mol. The molecule has 2 aromatic heterocycles. The molecule has 1 aliphatic rings. The van der Waals surface area contributed by atoms with Crippen LogP contribution in [0.1, 0.15) is 10.4 Å². The number of thiazole rings is 1. The Bertz CT molecular complexity index is 2050. The fourth-order valence-corrected chi connectivity index (χ4v) is 6.68. The molecule has 0 saturated carbocycles. The first-order valence-electron chi connectivity index (χ1n) is 14.9. The van der Waals surface area contributed by atoms with Crippen molar-refractivity contribution in [3.8, 4) is 21.8 Å². The van der Waals surface area contributed by atoms with E-state index in [1.807, 2.05) is 4.90 Å². The number of amides is 1. The first-order valence-corrected chi connectivity index (χ1v) is 17.8. The van der Waals surface area contributed by atoms with Gasteiger partial charge >= 0.3 is 0 Å². The highest BCUT2D eigenvalue weighted by Gasteiger charge is 2.21. The number of aromatic nitrogens is 3. The van der Waals surface area contributed by atoms with Crippen molar-refractivity contribution in [2.24, 2.45) is 0 Å². The molecule has 1 fully saturated rings. The van der Waals surface area contributed by atoms with E-state index in [4.69, 9.17) is 0 Å². The highest BCUT2D eigenvalue weighted by Crippen LogP contribution is 2.35. The summed E-state index contributed by atoms with van der Waals surface area (Å²) in [5.41, 5.74) is 3.99. The van der Waals surface area contributed by atoms with E-state index in [9.17, 15) is 22.0 Å². The van der Waals surface area contributed by atoms with Gasteiger partial charge in [0.1, 0.15) is 32.9 Å². The molecule has 0 aliphatic carbocycles. The Kier molecular flexibility index (Phi) is 9.71. The highest BCUT2D eigenvalue weighted by atomic mass is 32.2. The van der Waals surface area contributed by atoms with Crippen molar-refractivity contribution in [2.45, 2.75) is 0 Å². The van der Waals surface area contributed by atoms with E-state index in [1.165, 1.54) is 29.7 Å². The highest BCUT2D eigenvalue weighted by molar-refractivity contribution is 7.90. The van der Waals surface area contributed by atoms with Crippen molar-refractivity contribution >= 4 is 50.1 Å². The summed E-state index contributed by atoms with van der Waals surface area (Å²) in [6, 6.07) is 16.5. The van der Waals surface area contributed by atoms with Gasteiger partial charge in [-0.2, -0.15) is 0 Å².